The smallest absolute Gasteiger partial charge is 0.211 e. The van der Waals surface area contributed by atoms with E-state index in [2.05, 4.69) is 42.1 Å². The normalized spacial score (nSPS) is 10.6. The van der Waals surface area contributed by atoms with Crippen LogP contribution in [0.2, 0.25) is 0 Å². The van der Waals surface area contributed by atoms with Crippen molar-refractivity contribution in [1.29, 1.82) is 0 Å². The van der Waals surface area contributed by atoms with Gasteiger partial charge in [-0.2, -0.15) is 5.10 Å². The summed E-state index contributed by atoms with van der Waals surface area (Å²) >= 11 is 6.82. The average molecular weight is 426 g/mol. The molecule has 0 unspecified atom stereocenters. The fraction of sp³-hybridized carbons (Fsp3) is 0.0667. The van der Waals surface area contributed by atoms with Crippen LogP contribution in [0.5, 0.6) is 5.75 Å². The maximum atomic E-state index is 5.84. The summed E-state index contributed by atoms with van der Waals surface area (Å²) in [5.74, 6) is 0.601. The molecule has 0 atom stereocenters. The van der Waals surface area contributed by atoms with Gasteiger partial charge in [-0.1, -0.05) is 44.0 Å². The quantitative estimate of drug-likeness (QED) is 0.437. The van der Waals surface area contributed by atoms with Crippen molar-refractivity contribution in [2.24, 2.45) is 21.7 Å². The molecule has 2 aromatic carbocycles. The molecule has 114 valence electrons. The third kappa shape index (κ3) is 5.16. The molecule has 0 bridgehead atoms. The molecule has 7 heteroatoms. The zero-order valence-corrected chi connectivity index (χ0v) is 14.7. The Morgan fingerprint density at radius 1 is 1.05 bits per heavy atom. The van der Waals surface area contributed by atoms with Crippen LogP contribution in [0.3, 0.4) is 0 Å². The molecule has 0 aliphatic rings. The lowest BCUT2D eigenvalue weighted by atomic mass is 10.2. The van der Waals surface area contributed by atoms with E-state index in [1.807, 2.05) is 42.5 Å². The Morgan fingerprint density at radius 2 is 1.73 bits per heavy atom. The molecular formula is C15H14Br2N4O. The summed E-state index contributed by atoms with van der Waals surface area (Å²) in [6.45, 7) is 0.456. The van der Waals surface area contributed by atoms with Crippen molar-refractivity contribution in [3.05, 3.63) is 62.5 Å². The predicted molar refractivity (Wildman–Crippen MR) is 96.0 cm³/mol. The molecule has 0 aliphatic carbocycles. The molecule has 0 spiro atoms. The Bertz CT molecular complexity index is 695. The van der Waals surface area contributed by atoms with Crippen LogP contribution in [-0.4, -0.2) is 12.2 Å². The zero-order valence-electron chi connectivity index (χ0n) is 11.5. The average Bonchev–Trinajstić information content (AvgIpc) is 2.48. The van der Waals surface area contributed by atoms with E-state index < -0.39 is 0 Å². The second-order valence-corrected chi connectivity index (χ2v) is 6.20. The van der Waals surface area contributed by atoms with Gasteiger partial charge in [0.15, 0.2) is 0 Å². The van der Waals surface area contributed by atoms with E-state index >= 15 is 0 Å². The van der Waals surface area contributed by atoms with Gasteiger partial charge in [0.25, 0.3) is 0 Å². The Kier molecular flexibility index (Phi) is 5.97. The van der Waals surface area contributed by atoms with E-state index in [1.165, 1.54) is 0 Å². The number of hydrogen-bond donors (Lipinski definition) is 2. The highest BCUT2D eigenvalue weighted by molar-refractivity contribution is 9.10. The molecule has 0 aromatic heterocycles. The first-order valence-corrected chi connectivity index (χ1v) is 7.92. The summed E-state index contributed by atoms with van der Waals surface area (Å²) in [7, 11) is 0. The van der Waals surface area contributed by atoms with Crippen molar-refractivity contribution in [2.45, 2.75) is 6.61 Å². The molecular weight excluding hydrogens is 412 g/mol. The van der Waals surface area contributed by atoms with Crippen molar-refractivity contribution in [2.75, 3.05) is 0 Å². The SMILES string of the molecule is NC(N)=N/N=C/c1cc(Br)ccc1OCc1ccc(Br)cc1. The molecule has 0 radical (unpaired) electrons. The molecule has 22 heavy (non-hydrogen) atoms. The van der Waals surface area contributed by atoms with Crippen LogP contribution in [0.15, 0.2) is 61.6 Å². The maximum Gasteiger partial charge on any atom is 0.211 e. The molecule has 0 aliphatic heterocycles. The van der Waals surface area contributed by atoms with Gasteiger partial charge in [-0.3, -0.25) is 0 Å². The molecule has 4 N–H and O–H groups in total. The fourth-order valence-electron chi connectivity index (χ4n) is 1.65. The van der Waals surface area contributed by atoms with Crippen molar-refractivity contribution >= 4 is 44.0 Å². The summed E-state index contributed by atoms with van der Waals surface area (Å²) < 4.78 is 7.78. The van der Waals surface area contributed by atoms with Crippen LogP contribution < -0.4 is 16.2 Å². The summed E-state index contributed by atoms with van der Waals surface area (Å²) in [4.78, 5) is 0. The van der Waals surface area contributed by atoms with Crippen LogP contribution in [0.4, 0.5) is 0 Å². The van der Waals surface area contributed by atoms with Crippen LogP contribution in [0.1, 0.15) is 11.1 Å². The molecule has 0 heterocycles. The van der Waals surface area contributed by atoms with E-state index in [4.69, 9.17) is 16.2 Å². The van der Waals surface area contributed by atoms with Crippen molar-refractivity contribution in [3.63, 3.8) is 0 Å². The Labute approximate surface area is 145 Å². The van der Waals surface area contributed by atoms with Crippen molar-refractivity contribution in [3.8, 4) is 5.75 Å². The number of benzene rings is 2. The van der Waals surface area contributed by atoms with Crippen LogP contribution in [0, 0.1) is 0 Å². The topological polar surface area (TPSA) is 86.0 Å². The van der Waals surface area contributed by atoms with Gasteiger partial charge in [-0.25, -0.2) is 0 Å². The van der Waals surface area contributed by atoms with Gasteiger partial charge in [-0.05, 0) is 35.9 Å². The number of halogens is 2. The monoisotopic (exact) mass is 424 g/mol. The highest BCUT2D eigenvalue weighted by atomic mass is 79.9. The van der Waals surface area contributed by atoms with Crippen LogP contribution in [0.25, 0.3) is 0 Å². The fourth-order valence-corrected chi connectivity index (χ4v) is 2.29. The highest BCUT2D eigenvalue weighted by Crippen LogP contribution is 2.23. The Balaban J connectivity index is 2.14. The second kappa shape index (κ2) is 7.95. The van der Waals surface area contributed by atoms with Gasteiger partial charge in [0.1, 0.15) is 12.4 Å². The van der Waals surface area contributed by atoms with Crippen molar-refractivity contribution < 1.29 is 4.74 Å². The van der Waals surface area contributed by atoms with Crippen molar-refractivity contribution in [1.82, 2.24) is 0 Å². The largest absolute Gasteiger partial charge is 0.488 e. The first kappa shape index (κ1) is 16.5. The van der Waals surface area contributed by atoms with E-state index in [-0.39, 0.29) is 5.96 Å². The van der Waals surface area contributed by atoms with Gasteiger partial charge in [0, 0.05) is 14.5 Å². The minimum absolute atomic E-state index is 0.0939. The number of guanidine groups is 1. The lowest BCUT2D eigenvalue weighted by Crippen LogP contribution is -2.21. The Morgan fingerprint density at radius 3 is 2.41 bits per heavy atom. The molecule has 2 rings (SSSR count). The highest BCUT2D eigenvalue weighted by Gasteiger charge is 2.03. The number of nitrogens with two attached hydrogens (primary N) is 2. The van der Waals surface area contributed by atoms with Gasteiger partial charge >= 0.3 is 0 Å². The number of rotatable bonds is 5. The molecule has 0 amide bonds. The van der Waals surface area contributed by atoms with E-state index in [9.17, 15) is 0 Å². The third-order valence-electron chi connectivity index (χ3n) is 2.65. The number of hydrogen-bond acceptors (Lipinski definition) is 3. The van der Waals surface area contributed by atoms with E-state index in [0.717, 1.165) is 20.1 Å². The summed E-state index contributed by atoms with van der Waals surface area (Å²) in [5, 5.41) is 7.40. The number of ether oxygens (including phenoxy) is 1. The number of nitrogens with zero attached hydrogens (tertiary/aromatic N) is 2. The summed E-state index contributed by atoms with van der Waals surface area (Å²) in [6.07, 6.45) is 1.54. The lowest BCUT2D eigenvalue weighted by Gasteiger charge is -2.09. The Hall–Kier alpha value is -1.86. The minimum atomic E-state index is -0.0939. The predicted octanol–water partition coefficient (Wildman–Crippen LogP) is 3.40. The molecule has 0 saturated heterocycles. The zero-order chi connectivity index (χ0) is 15.9. The maximum absolute atomic E-state index is 5.84. The first-order valence-electron chi connectivity index (χ1n) is 6.33. The minimum Gasteiger partial charge on any atom is -0.488 e. The molecule has 2 aromatic rings. The second-order valence-electron chi connectivity index (χ2n) is 4.37. The van der Waals surface area contributed by atoms with Gasteiger partial charge in [-0.15, -0.1) is 5.10 Å². The van der Waals surface area contributed by atoms with Gasteiger partial charge < -0.3 is 16.2 Å². The van der Waals surface area contributed by atoms with Gasteiger partial charge in [0.05, 0.1) is 6.21 Å². The lowest BCUT2D eigenvalue weighted by molar-refractivity contribution is 0.305. The first-order chi connectivity index (χ1) is 10.5. The van der Waals surface area contributed by atoms with E-state index in [0.29, 0.717) is 12.4 Å². The molecule has 0 saturated carbocycles. The third-order valence-corrected chi connectivity index (χ3v) is 3.67. The molecule has 0 fully saturated rings. The van der Waals surface area contributed by atoms with Gasteiger partial charge in [0.2, 0.25) is 5.96 Å². The molecule has 5 nitrogen and oxygen atoms in total. The summed E-state index contributed by atoms with van der Waals surface area (Å²) in [5.41, 5.74) is 12.3. The standard InChI is InChI=1S/C15H14Br2N4O/c16-12-3-1-10(2-4-12)9-22-14-6-5-13(17)7-11(14)8-20-21-15(18)19/h1-8H,9H2,(H4,18,19,21)/b20-8+. The van der Waals surface area contributed by atoms with Crippen LogP contribution in [-0.2, 0) is 6.61 Å². The van der Waals surface area contributed by atoms with Crippen LogP contribution >= 0.6 is 31.9 Å². The summed E-state index contributed by atoms with van der Waals surface area (Å²) in [6, 6.07) is 13.6. The van der Waals surface area contributed by atoms with E-state index in [1.54, 1.807) is 6.21 Å².